The molecule has 1 saturated carbocycles. The van der Waals surface area contributed by atoms with Gasteiger partial charge in [-0.3, -0.25) is 9.59 Å². The Balaban J connectivity index is 1.76. The van der Waals surface area contributed by atoms with Crippen LogP contribution in [0.3, 0.4) is 0 Å². The lowest BCUT2D eigenvalue weighted by molar-refractivity contribution is -0.139. The van der Waals surface area contributed by atoms with Crippen LogP contribution in [-0.2, 0) is 9.59 Å². The van der Waals surface area contributed by atoms with Crippen molar-refractivity contribution in [3.8, 4) is 5.75 Å². The van der Waals surface area contributed by atoms with Crippen LogP contribution >= 0.6 is 11.6 Å². The number of carbonyl (C=O) groups excluding carboxylic acids is 2. The molecule has 0 bridgehead atoms. The van der Waals surface area contributed by atoms with E-state index in [9.17, 15) is 9.59 Å². The highest BCUT2D eigenvalue weighted by atomic mass is 35.5. The van der Waals surface area contributed by atoms with Gasteiger partial charge in [-0.25, -0.2) is 0 Å². The topological polar surface area (TPSA) is 58.6 Å². The van der Waals surface area contributed by atoms with Crippen LogP contribution in [0.2, 0.25) is 0 Å². The number of carbonyl (C=O) groups is 2. The molecule has 1 aromatic carbocycles. The molecule has 1 fully saturated rings. The van der Waals surface area contributed by atoms with E-state index in [0.717, 1.165) is 62.7 Å². The van der Waals surface area contributed by atoms with Crippen molar-refractivity contribution >= 4 is 23.4 Å². The Morgan fingerprint density at radius 1 is 1.08 bits per heavy atom. The van der Waals surface area contributed by atoms with Gasteiger partial charge in [0.1, 0.15) is 17.7 Å². The molecule has 6 heteroatoms. The van der Waals surface area contributed by atoms with Gasteiger partial charge in [0.2, 0.25) is 11.8 Å². The second-order valence-corrected chi connectivity index (χ2v) is 11.2. The maximum atomic E-state index is 13.8. The molecule has 1 aromatic rings. The Kier molecular flexibility index (Phi) is 12.8. The van der Waals surface area contributed by atoms with Crippen LogP contribution in [-0.4, -0.2) is 41.8 Å². The minimum Gasteiger partial charge on any atom is -0.494 e. The van der Waals surface area contributed by atoms with Crippen LogP contribution in [0.15, 0.2) is 35.9 Å². The third-order valence-corrected chi connectivity index (χ3v) is 8.11. The Labute approximate surface area is 229 Å². The number of halogens is 1. The van der Waals surface area contributed by atoms with Crippen LogP contribution in [0.5, 0.6) is 5.75 Å². The number of rotatable bonds is 14. The molecule has 2 aliphatic carbocycles. The highest BCUT2D eigenvalue weighted by molar-refractivity contribution is 6.27. The maximum absolute atomic E-state index is 13.8. The van der Waals surface area contributed by atoms with Gasteiger partial charge in [0.25, 0.3) is 0 Å². The van der Waals surface area contributed by atoms with E-state index >= 15 is 0 Å². The molecule has 0 aromatic heterocycles. The number of hydrogen-bond acceptors (Lipinski definition) is 3. The zero-order valence-electron chi connectivity index (χ0n) is 23.0. The van der Waals surface area contributed by atoms with E-state index in [0.29, 0.717) is 19.1 Å². The number of alkyl halides is 1. The largest absolute Gasteiger partial charge is 0.494 e. The summed E-state index contributed by atoms with van der Waals surface area (Å²) >= 11 is 6.07. The zero-order valence-corrected chi connectivity index (χ0v) is 23.7. The summed E-state index contributed by atoms with van der Waals surface area (Å²) in [7, 11) is 0. The molecular weight excluding hydrogens is 484 g/mol. The van der Waals surface area contributed by atoms with Gasteiger partial charge in [-0.2, -0.15) is 0 Å². The van der Waals surface area contributed by atoms with Gasteiger partial charge in [-0.15, -0.1) is 11.6 Å². The number of ether oxygens (including phenoxy) is 1. The molecule has 0 spiro atoms. The molecule has 2 amide bonds. The van der Waals surface area contributed by atoms with E-state index in [1.165, 1.54) is 37.7 Å². The average molecular weight is 531 g/mol. The molecule has 0 unspecified atom stereocenters. The molecule has 0 heterocycles. The molecule has 2 aliphatic rings. The van der Waals surface area contributed by atoms with Gasteiger partial charge in [0.15, 0.2) is 0 Å². The lowest BCUT2D eigenvalue weighted by Crippen LogP contribution is -2.48. The van der Waals surface area contributed by atoms with E-state index in [-0.39, 0.29) is 23.7 Å². The van der Waals surface area contributed by atoms with E-state index in [1.807, 2.05) is 24.3 Å². The van der Waals surface area contributed by atoms with Gasteiger partial charge >= 0.3 is 0 Å². The van der Waals surface area contributed by atoms with Gasteiger partial charge in [0, 0.05) is 12.6 Å². The number of amides is 2. The molecule has 37 heavy (non-hydrogen) atoms. The molecule has 0 saturated heterocycles. The Morgan fingerprint density at radius 3 is 2.49 bits per heavy atom. The van der Waals surface area contributed by atoms with Crippen LogP contribution in [0, 0.1) is 5.92 Å². The Hall–Kier alpha value is -2.01. The smallest absolute Gasteiger partial charge is 0.247 e. The van der Waals surface area contributed by atoms with Gasteiger partial charge < -0.3 is 15.0 Å². The first kappa shape index (κ1) is 29.5. The molecule has 5 nitrogen and oxygen atoms in total. The summed E-state index contributed by atoms with van der Waals surface area (Å²) in [6.07, 6.45) is 16.5. The number of benzene rings is 1. The van der Waals surface area contributed by atoms with Gasteiger partial charge in [-0.05, 0) is 87.8 Å². The van der Waals surface area contributed by atoms with Crippen molar-refractivity contribution in [1.29, 1.82) is 0 Å². The third kappa shape index (κ3) is 9.67. The highest BCUT2D eigenvalue weighted by Crippen LogP contribution is 2.29. The lowest BCUT2D eigenvalue weighted by Gasteiger charge is -2.34. The van der Waals surface area contributed by atoms with Crippen molar-refractivity contribution in [3.63, 3.8) is 0 Å². The minimum absolute atomic E-state index is 0.108. The molecular formula is C31H47ClN2O3. The number of nitrogens with zero attached hydrogens (tertiary/aromatic N) is 1. The number of nitrogens with one attached hydrogen (secondary N) is 1. The van der Waals surface area contributed by atoms with Crippen molar-refractivity contribution in [3.05, 3.63) is 41.5 Å². The SMILES string of the molecule is CCCCCCOc1ccc([C@@H](C(=O)NC2CCC(C)CC2)N(CCC2=CCCCC2)C(=O)CCl)cc1. The second-order valence-electron chi connectivity index (χ2n) is 10.9. The van der Waals surface area contributed by atoms with Gasteiger partial charge in [-0.1, -0.05) is 56.9 Å². The molecule has 0 aliphatic heterocycles. The quantitative estimate of drug-likeness (QED) is 0.155. The van der Waals surface area contributed by atoms with Crippen LogP contribution in [0.1, 0.15) is 109 Å². The highest BCUT2D eigenvalue weighted by Gasteiger charge is 2.33. The van der Waals surface area contributed by atoms with E-state index in [4.69, 9.17) is 16.3 Å². The summed E-state index contributed by atoms with van der Waals surface area (Å²) in [5.41, 5.74) is 2.18. The van der Waals surface area contributed by atoms with Crippen molar-refractivity contribution in [2.24, 2.45) is 5.92 Å². The second kappa shape index (κ2) is 16.1. The fourth-order valence-corrected chi connectivity index (χ4v) is 5.65. The minimum atomic E-state index is -0.701. The summed E-state index contributed by atoms with van der Waals surface area (Å²) in [6, 6.07) is 7.17. The number of allylic oxidation sites excluding steroid dienone is 1. The molecule has 3 rings (SSSR count). The van der Waals surface area contributed by atoms with Crippen LogP contribution in [0.4, 0.5) is 0 Å². The Bertz CT molecular complexity index is 862. The molecule has 1 N–H and O–H groups in total. The monoisotopic (exact) mass is 530 g/mol. The van der Waals surface area contributed by atoms with E-state index < -0.39 is 6.04 Å². The van der Waals surface area contributed by atoms with Gasteiger partial charge in [0.05, 0.1) is 6.61 Å². The first-order valence-electron chi connectivity index (χ1n) is 14.6. The maximum Gasteiger partial charge on any atom is 0.247 e. The van der Waals surface area contributed by atoms with Crippen molar-refractivity contribution in [2.75, 3.05) is 19.0 Å². The first-order valence-corrected chi connectivity index (χ1v) is 15.1. The molecule has 0 radical (unpaired) electrons. The predicted molar refractivity (Wildman–Crippen MR) is 152 cm³/mol. The van der Waals surface area contributed by atoms with E-state index in [2.05, 4.69) is 25.2 Å². The van der Waals surface area contributed by atoms with Crippen molar-refractivity contribution in [2.45, 2.75) is 109 Å². The standard InChI is InChI=1S/C31H47ClN2O3/c1-3-4-5-9-22-37-28-18-14-26(15-19-28)30(31(36)33-27-16-12-24(2)13-17-27)34(29(35)23-32)21-20-25-10-7-6-8-11-25/h10,14-15,18-19,24,27,30H,3-9,11-13,16-17,20-23H2,1-2H3,(H,33,36)/t24?,27?,30-/m0/s1. The Morgan fingerprint density at radius 2 is 1.84 bits per heavy atom. The van der Waals surface area contributed by atoms with E-state index in [1.54, 1.807) is 4.90 Å². The third-order valence-electron chi connectivity index (χ3n) is 7.88. The summed E-state index contributed by atoms with van der Waals surface area (Å²) in [4.78, 5) is 28.6. The fraction of sp³-hybridized carbons (Fsp3) is 0.677. The summed E-state index contributed by atoms with van der Waals surface area (Å²) in [5.74, 6) is 1.05. The normalized spacial score (nSPS) is 20.6. The van der Waals surface area contributed by atoms with Crippen LogP contribution < -0.4 is 10.1 Å². The van der Waals surface area contributed by atoms with Crippen molar-refractivity contribution < 1.29 is 14.3 Å². The number of unbranched alkanes of at least 4 members (excludes halogenated alkanes) is 3. The first-order chi connectivity index (χ1) is 18.0. The number of hydrogen-bond donors (Lipinski definition) is 1. The summed E-state index contributed by atoms with van der Waals surface area (Å²) in [6.45, 7) is 5.66. The fourth-order valence-electron chi connectivity index (χ4n) is 5.49. The molecule has 1 atom stereocenters. The summed E-state index contributed by atoms with van der Waals surface area (Å²) in [5, 5.41) is 3.28. The zero-order chi connectivity index (χ0) is 26.5. The van der Waals surface area contributed by atoms with Crippen molar-refractivity contribution in [1.82, 2.24) is 10.2 Å². The lowest BCUT2D eigenvalue weighted by atomic mass is 9.87. The summed E-state index contributed by atoms with van der Waals surface area (Å²) < 4.78 is 5.93. The van der Waals surface area contributed by atoms with Crippen LogP contribution in [0.25, 0.3) is 0 Å². The predicted octanol–water partition coefficient (Wildman–Crippen LogP) is 7.34. The average Bonchev–Trinajstić information content (AvgIpc) is 2.93. The molecule has 206 valence electrons.